The molecule has 1 heterocycles. The molecule has 0 aromatic rings. The SMILES string of the molecule is CCCCCCCCCC(=O)N1CCOC(C(=O)OC)C1. The zero-order valence-corrected chi connectivity index (χ0v) is 13.4. The molecule has 5 heteroatoms. The van der Waals surface area contributed by atoms with Crippen LogP contribution in [0.15, 0.2) is 0 Å². The average Bonchev–Trinajstić information content (AvgIpc) is 2.53. The number of hydrogen-bond donors (Lipinski definition) is 0. The van der Waals surface area contributed by atoms with E-state index < -0.39 is 12.1 Å². The number of morpholine rings is 1. The summed E-state index contributed by atoms with van der Waals surface area (Å²) in [7, 11) is 1.34. The van der Waals surface area contributed by atoms with Crippen LogP contribution in [-0.4, -0.2) is 49.7 Å². The molecule has 1 aliphatic heterocycles. The summed E-state index contributed by atoms with van der Waals surface area (Å²) >= 11 is 0. The number of esters is 1. The van der Waals surface area contributed by atoms with Crippen LogP contribution in [0.3, 0.4) is 0 Å². The number of ether oxygens (including phenoxy) is 2. The lowest BCUT2D eigenvalue weighted by molar-refractivity contribution is -0.162. The maximum absolute atomic E-state index is 12.1. The maximum Gasteiger partial charge on any atom is 0.336 e. The van der Waals surface area contributed by atoms with Gasteiger partial charge in [0.15, 0.2) is 6.10 Å². The summed E-state index contributed by atoms with van der Waals surface area (Å²) in [6.07, 6.45) is 8.34. The van der Waals surface area contributed by atoms with Gasteiger partial charge in [0.2, 0.25) is 5.91 Å². The molecule has 0 aliphatic carbocycles. The Bertz CT molecular complexity index is 319. The fraction of sp³-hybridized carbons (Fsp3) is 0.875. The van der Waals surface area contributed by atoms with Gasteiger partial charge in [-0.15, -0.1) is 0 Å². The zero-order valence-electron chi connectivity index (χ0n) is 13.4. The minimum Gasteiger partial charge on any atom is -0.467 e. The van der Waals surface area contributed by atoms with Gasteiger partial charge in [-0.05, 0) is 6.42 Å². The molecule has 0 bridgehead atoms. The molecular formula is C16H29NO4. The highest BCUT2D eigenvalue weighted by Gasteiger charge is 2.29. The first kappa shape index (κ1) is 18.0. The Balaban J connectivity index is 2.15. The lowest BCUT2D eigenvalue weighted by Gasteiger charge is -2.31. The van der Waals surface area contributed by atoms with Crippen LogP contribution in [0.25, 0.3) is 0 Å². The Hall–Kier alpha value is -1.10. The van der Waals surface area contributed by atoms with Crippen molar-refractivity contribution in [3.63, 3.8) is 0 Å². The number of unbranched alkanes of at least 4 members (excludes halogenated alkanes) is 6. The van der Waals surface area contributed by atoms with Gasteiger partial charge in [0.1, 0.15) is 0 Å². The van der Waals surface area contributed by atoms with Crippen molar-refractivity contribution in [3.05, 3.63) is 0 Å². The van der Waals surface area contributed by atoms with E-state index in [0.717, 1.165) is 12.8 Å². The van der Waals surface area contributed by atoms with E-state index in [0.29, 0.717) is 26.1 Å². The number of carbonyl (C=O) groups excluding carboxylic acids is 2. The third-order valence-corrected chi connectivity index (χ3v) is 3.88. The summed E-state index contributed by atoms with van der Waals surface area (Å²) in [4.78, 5) is 25.3. The molecule has 0 aromatic heterocycles. The Kier molecular flexibility index (Phi) is 9.06. The summed E-state index contributed by atoms with van der Waals surface area (Å²) in [5.74, 6) is -0.274. The first-order valence-corrected chi connectivity index (χ1v) is 8.16. The topological polar surface area (TPSA) is 55.8 Å². The normalized spacial score (nSPS) is 18.6. The number of carbonyl (C=O) groups is 2. The molecule has 21 heavy (non-hydrogen) atoms. The summed E-state index contributed by atoms with van der Waals surface area (Å²) in [5.41, 5.74) is 0. The number of hydrogen-bond acceptors (Lipinski definition) is 4. The molecule has 1 saturated heterocycles. The van der Waals surface area contributed by atoms with Crippen LogP contribution in [0.5, 0.6) is 0 Å². The first-order chi connectivity index (χ1) is 10.2. The van der Waals surface area contributed by atoms with Crippen LogP contribution in [0.1, 0.15) is 58.3 Å². The highest BCUT2D eigenvalue weighted by Crippen LogP contribution is 2.12. The van der Waals surface area contributed by atoms with Crippen molar-refractivity contribution in [2.24, 2.45) is 0 Å². The Morgan fingerprint density at radius 3 is 2.48 bits per heavy atom. The van der Waals surface area contributed by atoms with Crippen molar-refractivity contribution >= 4 is 11.9 Å². The van der Waals surface area contributed by atoms with E-state index in [1.807, 2.05) is 0 Å². The van der Waals surface area contributed by atoms with Gasteiger partial charge in [0.25, 0.3) is 0 Å². The molecule has 1 unspecified atom stereocenters. The van der Waals surface area contributed by atoms with Crippen LogP contribution in [0, 0.1) is 0 Å². The second-order valence-electron chi connectivity index (χ2n) is 5.59. The van der Waals surface area contributed by atoms with Crippen molar-refractivity contribution in [3.8, 4) is 0 Å². The van der Waals surface area contributed by atoms with Crippen LogP contribution in [0.4, 0.5) is 0 Å². The molecule has 5 nitrogen and oxygen atoms in total. The van der Waals surface area contributed by atoms with E-state index in [1.165, 1.54) is 39.2 Å². The van der Waals surface area contributed by atoms with E-state index in [4.69, 9.17) is 4.74 Å². The van der Waals surface area contributed by atoms with Gasteiger partial charge in [-0.3, -0.25) is 4.79 Å². The molecule has 1 fully saturated rings. The molecule has 1 atom stereocenters. The number of amides is 1. The van der Waals surface area contributed by atoms with Gasteiger partial charge in [0, 0.05) is 13.0 Å². The van der Waals surface area contributed by atoms with E-state index in [9.17, 15) is 9.59 Å². The number of nitrogens with zero attached hydrogens (tertiary/aromatic N) is 1. The lowest BCUT2D eigenvalue weighted by atomic mass is 10.1. The molecule has 0 radical (unpaired) electrons. The van der Waals surface area contributed by atoms with Crippen molar-refractivity contribution < 1.29 is 19.1 Å². The van der Waals surface area contributed by atoms with Crippen molar-refractivity contribution in [1.29, 1.82) is 0 Å². The van der Waals surface area contributed by atoms with Crippen LogP contribution < -0.4 is 0 Å². The van der Waals surface area contributed by atoms with Crippen molar-refractivity contribution in [2.45, 2.75) is 64.4 Å². The first-order valence-electron chi connectivity index (χ1n) is 8.16. The van der Waals surface area contributed by atoms with Gasteiger partial charge in [-0.1, -0.05) is 45.4 Å². The third kappa shape index (κ3) is 6.93. The third-order valence-electron chi connectivity index (χ3n) is 3.88. The highest BCUT2D eigenvalue weighted by molar-refractivity contribution is 5.79. The summed E-state index contributed by atoms with van der Waals surface area (Å²) < 4.78 is 9.98. The number of rotatable bonds is 9. The summed E-state index contributed by atoms with van der Waals surface area (Å²) in [6, 6.07) is 0. The number of methoxy groups -OCH3 is 1. The van der Waals surface area contributed by atoms with Gasteiger partial charge in [-0.2, -0.15) is 0 Å². The monoisotopic (exact) mass is 299 g/mol. The van der Waals surface area contributed by atoms with Crippen LogP contribution in [-0.2, 0) is 19.1 Å². The Morgan fingerprint density at radius 2 is 1.81 bits per heavy atom. The fourth-order valence-corrected chi connectivity index (χ4v) is 2.54. The van der Waals surface area contributed by atoms with Gasteiger partial charge in [-0.25, -0.2) is 4.79 Å². The zero-order chi connectivity index (χ0) is 15.5. The second kappa shape index (κ2) is 10.6. The molecule has 1 amide bonds. The fourth-order valence-electron chi connectivity index (χ4n) is 2.54. The highest BCUT2D eigenvalue weighted by atomic mass is 16.6. The van der Waals surface area contributed by atoms with Crippen LogP contribution >= 0.6 is 0 Å². The molecular weight excluding hydrogens is 270 g/mol. The van der Waals surface area contributed by atoms with Gasteiger partial charge in [0.05, 0.1) is 20.3 Å². The molecule has 0 N–H and O–H groups in total. The minimum absolute atomic E-state index is 0.126. The van der Waals surface area contributed by atoms with E-state index >= 15 is 0 Å². The molecule has 1 rings (SSSR count). The average molecular weight is 299 g/mol. The Labute approximate surface area is 128 Å². The largest absolute Gasteiger partial charge is 0.467 e. The standard InChI is InChI=1S/C16H29NO4/c1-3-4-5-6-7-8-9-10-15(18)17-11-12-21-14(13-17)16(19)20-2/h14H,3-13H2,1-2H3. The predicted octanol–water partition coefficient (Wildman–Crippen LogP) is 2.53. The smallest absolute Gasteiger partial charge is 0.336 e. The van der Waals surface area contributed by atoms with E-state index in [-0.39, 0.29) is 5.91 Å². The van der Waals surface area contributed by atoms with Crippen molar-refractivity contribution in [2.75, 3.05) is 26.8 Å². The van der Waals surface area contributed by atoms with Gasteiger partial charge >= 0.3 is 5.97 Å². The molecule has 0 saturated carbocycles. The summed E-state index contributed by atoms with van der Waals surface area (Å²) in [5, 5.41) is 0. The lowest BCUT2D eigenvalue weighted by Crippen LogP contribution is -2.48. The van der Waals surface area contributed by atoms with Gasteiger partial charge < -0.3 is 14.4 Å². The van der Waals surface area contributed by atoms with E-state index in [1.54, 1.807) is 4.90 Å². The molecule has 1 aliphatic rings. The minimum atomic E-state index is -0.623. The molecule has 122 valence electrons. The maximum atomic E-state index is 12.1. The predicted molar refractivity (Wildman–Crippen MR) is 80.9 cm³/mol. The van der Waals surface area contributed by atoms with E-state index in [2.05, 4.69) is 11.7 Å². The molecule has 0 aromatic carbocycles. The summed E-state index contributed by atoms with van der Waals surface area (Å²) in [6.45, 7) is 3.51. The second-order valence-corrected chi connectivity index (χ2v) is 5.59. The Morgan fingerprint density at radius 1 is 1.14 bits per heavy atom. The quantitative estimate of drug-likeness (QED) is 0.485. The van der Waals surface area contributed by atoms with Crippen LogP contribution in [0.2, 0.25) is 0 Å². The van der Waals surface area contributed by atoms with Crippen molar-refractivity contribution in [1.82, 2.24) is 4.90 Å². The molecule has 0 spiro atoms.